The lowest BCUT2D eigenvalue weighted by Gasteiger charge is -2.08. The first-order chi connectivity index (χ1) is 9.84. The molecule has 0 aliphatic carbocycles. The number of Topliss-reactive ketones (excluding diaryl/α,β-unsaturated/α-hetero) is 2. The van der Waals surface area contributed by atoms with Gasteiger partial charge >= 0.3 is 0 Å². The summed E-state index contributed by atoms with van der Waals surface area (Å²) in [5, 5.41) is 2.89. The topological polar surface area (TPSA) is 63.2 Å². The van der Waals surface area contributed by atoms with E-state index in [1.807, 2.05) is 20.8 Å². The maximum Gasteiger partial charge on any atom is 0.219 e. The smallest absolute Gasteiger partial charge is 0.219 e. The normalized spacial score (nSPS) is 12.2. The second-order valence-corrected chi connectivity index (χ2v) is 6.19. The summed E-state index contributed by atoms with van der Waals surface area (Å²) < 4.78 is 0. The fourth-order valence-corrected chi connectivity index (χ4v) is 1.98. The van der Waals surface area contributed by atoms with Gasteiger partial charge in [-0.3, -0.25) is 14.4 Å². The first-order valence-electron chi connectivity index (χ1n) is 8.14. The van der Waals surface area contributed by atoms with E-state index in [1.165, 1.54) is 0 Å². The van der Waals surface area contributed by atoms with E-state index < -0.39 is 0 Å². The van der Waals surface area contributed by atoms with Crippen LogP contribution in [0.15, 0.2) is 0 Å². The van der Waals surface area contributed by atoms with Crippen LogP contribution in [0.3, 0.4) is 0 Å². The zero-order chi connectivity index (χ0) is 16.3. The number of hydrogen-bond donors (Lipinski definition) is 1. The minimum Gasteiger partial charge on any atom is -0.356 e. The molecule has 0 aromatic rings. The highest BCUT2D eigenvalue weighted by Crippen LogP contribution is 2.09. The molecule has 0 aromatic carbocycles. The number of hydrogen-bond acceptors (Lipinski definition) is 3. The first-order valence-corrected chi connectivity index (χ1v) is 8.14. The van der Waals surface area contributed by atoms with Crippen molar-refractivity contribution >= 4 is 17.5 Å². The summed E-state index contributed by atoms with van der Waals surface area (Å²) in [5.74, 6) is 0.743. The van der Waals surface area contributed by atoms with Crippen LogP contribution in [0.4, 0.5) is 0 Å². The van der Waals surface area contributed by atoms with Crippen molar-refractivity contribution in [2.24, 2.45) is 11.8 Å². The summed E-state index contributed by atoms with van der Waals surface area (Å²) in [6.07, 6.45) is 5.47. The van der Waals surface area contributed by atoms with Crippen LogP contribution in [0.5, 0.6) is 0 Å². The summed E-state index contributed by atoms with van der Waals surface area (Å²) in [7, 11) is 0. The van der Waals surface area contributed by atoms with E-state index in [2.05, 4.69) is 5.32 Å². The Morgan fingerprint density at radius 1 is 0.905 bits per heavy atom. The molecule has 0 saturated heterocycles. The minimum atomic E-state index is 0.0521. The third kappa shape index (κ3) is 11.2. The van der Waals surface area contributed by atoms with Gasteiger partial charge in [-0.2, -0.15) is 0 Å². The van der Waals surface area contributed by atoms with E-state index >= 15 is 0 Å². The predicted octanol–water partition coefficient (Wildman–Crippen LogP) is 3.28. The van der Waals surface area contributed by atoms with Crippen molar-refractivity contribution in [1.29, 1.82) is 0 Å². The number of amides is 1. The molecule has 0 radical (unpaired) electrons. The van der Waals surface area contributed by atoms with Gasteiger partial charge in [-0.05, 0) is 32.6 Å². The molecule has 1 amide bonds. The number of ketones is 2. The highest BCUT2D eigenvalue weighted by atomic mass is 16.1. The van der Waals surface area contributed by atoms with E-state index in [9.17, 15) is 14.4 Å². The van der Waals surface area contributed by atoms with Crippen LogP contribution in [0, 0.1) is 11.8 Å². The number of carbonyl (C=O) groups excluding carboxylic acids is 3. The van der Waals surface area contributed by atoms with Crippen LogP contribution in [-0.2, 0) is 14.4 Å². The van der Waals surface area contributed by atoms with Gasteiger partial charge < -0.3 is 5.32 Å². The molecule has 0 saturated carbocycles. The second-order valence-electron chi connectivity index (χ2n) is 6.19. The Morgan fingerprint density at radius 2 is 1.57 bits per heavy atom. The van der Waals surface area contributed by atoms with E-state index in [0.717, 1.165) is 32.1 Å². The molecule has 0 aliphatic rings. The Morgan fingerprint density at radius 3 is 2.14 bits per heavy atom. The SMILES string of the molecule is CC(=O)C(C)CCCC(=O)NCCCCCC(=O)C(C)C. The largest absolute Gasteiger partial charge is 0.356 e. The molecule has 1 N–H and O–H groups in total. The van der Waals surface area contributed by atoms with Gasteiger partial charge in [0.1, 0.15) is 11.6 Å². The third-order valence-electron chi connectivity index (χ3n) is 3.80. The van der Waals surface area contributed by atoms with Crippen molar-refractivity contribution in [1.82, 2.24) is 5.32 Å². The van der Waals surface area contributed by atoms with Gasteiger partial charge in [0.25, 0.3) is 0 Å². The number of carbonyl (C=O) groups is 3. The lowest BCUT2D eigenvalue weighted by atomic mass is 10.0. The van der Waals surface area contributed by atoms with Crippen LogP contribution in [0.1, 0.15) is 72.6 Å². The van der Waals surface area contributed by atoms with Crippen LogP contribution >= 0.6 is 0 Å². The molecule has 1 unspecified atom stereocenters. The Labute approximate surface area is 129 Å². The molecule has 1 atom stereocenters. The molecule has 4 heteroatoms. The molecule has 0 spiro atoms. The maximum atomic E-state index is 11.6. The summed E-state index contributed by atoms with van der Waals surface area (Å²) in [5.41, 5.74) is 0. The van der Waals surface area contributed by atoms with Gasteiger partial charge in [-0.15, -0.1) is 0 Å². The fourth-order valence-electron chi connectivity index (χ4n) is 1.98. The molecule has 0 aliphatic heterocycles. The summed E-state index contributed by atoms with van der Waals surface area (Å²) in [6.45, 7) is 8.02. The molecule has 21 heavy (non-hydrogen) atoms. The van der Waals surface area contributed by atoms with Crippen LogP contribution in [0.25, 0.3) is 0 Å². The fraction of sp³-hybridized carbons (Fsp3) is 0.824. The maximum absolute atomic E-state index is 11.6. The molecule has 122 valence electrons. The van der Waals surface area contributed by atoms with Gasteiger partial charge in [0.2, 0.25) is 5.91 Å². The predicted molar refractivity (Wildman–Crippen MR) is 85.0 cm³/mol. The average molecular weight is 297 g/mol. The van der Waals surface area contributed by atoms with E-state index in [0.29, 0.717) is 25.2 Å². The number of rotatable bonds is 12. The monoisotopic (exact) mass is 297 g/mol. The van der Waals surface area contributed by atoms with E-state index in [1.54, 1.807) is 6.92 Å². The number of nitrogens with one attached hydrogen (secondary N) is 1. The molecular weight excluding hydrogens is 266 g/mol. The van der Waals surface area contributed by atoms with Gasteiger partial charge in [-0.25, -0.2) is 0 Å². The molecule has 0 rings (SSSR count). The first kappa shape index (κ1) is 19.8. The molecule has 4 nitrogen and oxygen atoms in total. The van der Waals surface area contributed by atoms with Gasteiger partial charge in [-0.1, -0.05) is 27.2 Å². The second kappa shape index (κ2) is 11.5. The molecule has 0 heterocycles. The van der Waals surface area contributed by atoms with Crippen molar-refractivity contribution < 1.29 is 14.4 Å². The van der Waals surface area contributed by atoms with E-state index in [-0.39, 0.29) is 23.5 Å². The average Bonchev–Trinajstić information content (AvgIpc) is 2.41. The highest BCUT2D eigenvalue weighted by molar-refractivity contribution is 5.80. The zero-order valence-corrected chi connectivity index (χ0v) is 14.0. The van der Waals surface area contributed by atoms with E-state index in [4.69, 9.17) is 0 Å². The lowest BCUT2D eigenvalue weighted by Crippen LogP contribution is -2.24. The van der Waals surface area contributed by atoms with Gasteiger partial charge in [0.05, 0.1) is 0 Å². The van der Waals surface area contributed by atoms with Crippen LogP contribution < -0.4 is 5.32 Å². The Bertz CT molecular complexity index is 337. The van der Waals surface area contributed by atoms with Crippen LogP contribution in [0.2, 0.25) is 0 Å². The summed E-state index contributed by atoms with van der Waals surface area (Å²) in [4.78, 5) is 34.0. The third-order valence-corrected chi connectivity index (χ3v) is 3.80. The van der Waals surface area contributed by atoms with Crippen molar-refractivity contribution in [3.63, 3.8) is 0 Å². The van der Waals surface area contributed by atoms with Gasteiger partial charge in [0, 0.05) is 31.2 Å². The van der Waals surface area contributed by atoms with Crippen molar-refractivity contribution in [3.05, 3.63) is 0 Å². The Balaban J connectivity index is 3.46. The molecular formula is C17H31NO3. The zero-order valence-electron chi connectivity index (χ0n) is 14.0. The Kier molecular flexibility index (Phi) is 10.8. The molecule has 0 bridgehead atoms. The standard InChI is InChI=1S/C17H31NO3/c1-13(2)16(20)10-6-5-7-12-18-17(21)11-8-9-14(3)15(4)19/h13-14H,5-12H2,1-4H3,(H,18,21). The molecule has 0 aromatic heterocycles. The van der Waals surface area contributed by atoms with Crippen LogP contribution in [-0.4, -0.2) is 24.0 Å². The highest BCUT2D eigenvalue weighted by Gasteiger charge is 2.09. The number of unbranched alkanes of at least 4 members (excludes halogenated alkanes) is 2. The Hall–Kier alpha value is -1.19. The lowest BCUT2D eigenvalue weighted by molar-refractivity contribution is -0.123. The molecule has 0 fully saturated rings. The summed E-state index contributed by atoms with van der Waals surface area (Å²) in [6, 6.07) is 0. The van der Waals surface area contributed by atoms with Gasteiger partial charge in [0.15, 0.2) is 0 Å². The minimum absolute atomic E-state index is 0.0521. The van der Waals surface area contributed by atoms with Crippen molar-refractivity contribution in [2.75, 3.05) is 6.54 Å². The quantitative estimate of drug-likeness (QED) is 0.562. The van der Waals surface area contributed by atoms with Crippen molar-refractivity contribution in [2.45, 2.75) is 72.6 Å². The van der Waals surface area contributed by atoms with Crippen molar-refractivity contribution in [3.8, 4) is 0 Å². The summed E-state index contributed by atoms with van der Waals surface area (Å²) >= 11 is 0.